The van der Waals surface area contributed by atoms with Gasteiger partial charge in [-0.05, 0) is 37.5 Å². The maximum absolute atomic E-state index is 11.8. The quantitative estimate of drug-likeness (QED) is 0.403. The van der Waals surface area contributed by atoms with E-state index in [-0.39, 0.29) is 11.9 Å². The maximum Gasteiger partial charge on any atom is 0.309 e. The van der Waals surface area contributed by atoms with Crippen molar-refractivity contribution in [1.82, 2.24) is 0 Å². The molecule has 3 rings (SSSR count). The molecule has 0 N–H and O–H groups in total. The van der Waals surface area contributed by atoms with Gasteiger partial charge in [-0.1, -0.05) is 25.5 Å². The fourth-order valence-corrected chi connectivity index (χ4v) is 2.63. The van der Waals surface area contributed by atoms with Gasteiger partial charge in [-0.15, -0.1) is 0 Å². The first-order valence-electron chi connectivity index (χ1n) is 6.16. The molecule has 3 atom stereocenters. The Morgan fingerprint density at radius 3 is 2.80 bits per heavy atom. The first kappa shape index (κ1) is 10.7. The lowest BCUT2D eigenvalue weighted by atomic mass is 9.69. The van der Waals surface area contributed by atoms with Crippen LogP contribution in [0.15, 0.2) is 12.2 Å². The van der Waals surface area contributed by atoms with Crippen molar-refractivity contribution >= 4 is 5.97 Å². The lowest BCUT2D eigenvalue weighted by molar-refractivity contribution is -0.152. The lowest BCUT2D eigenvalue weighted by Gasteiger charge is -2.36. The molecule has 0 aromatic heterocycles. The van der Waals surface area contributed by atoms with E-state index >= 15 is 0 Å². The molecule has 0 aliphatic heterocycles. The summed E-state index contributed by atoms with van der Waals surface area (Å²) in [6.07, 6.45) is 10.0. The van der Waals surface area contributed by atoms with Crippen LogP contribution in [0.5, 0.6) is 0 Å². The minimum atomic E-state index is 0.0440. The van der Waals surface area contributed by atoms with Crippen molar-refractivity contribution in [2.45, 2.75) is 39.0 Å². The summed E-state index contributed by atoms with van der Waals surface area (Å²) in [5.41, 5.74) is 0. The predicted molar refractivity (Wildman–Crippen MR) is 59.3 cm³/mol. The van der Waals surface area contributed by atoms with E-state index in [1.54, 1.807) is 0 Å². The summed E-state index contributed by atoms with van der Waals surface area (Å²) < 4.78 is 5.30. The highest BCUT2D eigenvalue weighted by molar-refractivity contribution is 5.73. The van der Waals surface area contributed by atoms with Gasteiger partial charge < -0.3 is 4.74 Å². The Hall–Kier alpha value is -0.790. The van der Waals surface area contributed by atoms with Crippen molar-refractivity contribution < 1.29 is 9.53 Å². The third kappa shape index (κ3) is 2.42. The molecule has 1 fully saturated rings. The summed E-state index contributed by atoms with van der Waals surface area (Å²) in [6.45, 7) is 2.71. The Morgan fingerprint density at radius 1 is 1.40 bits per heavy atom. The standard InChI is InChI=1S/C13H20O2/c1-2-3-8-15-13(14)12-9-10-4-6-11(12)7-5-10/h4,6,10-12H,2-3,5,7-9H2,1H3/t10-,11+,12-/m0/s1. The Balaban J connectivity index is 1.84. The summed E-state index contributed by atoms with van der Waals surface area (Å²) in [5.74, 6) is 1.30. The fraction of sp³-hybridized carbons (Fsp3) is 0.769. The molecule has 0 aromatic carbocycles. The molecule has 3 aliphatic carbocycles. The minimum absolute atomic E-state index is 0.0440. The number of hydrogen-bond donors (Lipinski definition) is 0. The van der Waals surface area contributed by atoms with E-state index in [0.717, 1.165) is 19.3 Å². The Labute approximate surface area is 91.7 Å². The van der Waals surface area contributed by atoms with Gasteiger partial charge in [-0.25, -0.2) is 0 Å². The molecule has 0 saturated heterocycles. The number of fused-ring (bicyclic) bond motifs is 2. The molecule has 2 heteroatoms. The van der Waals surface area contributed by atoms with Gasteiger partial charge in [-0.3, -0.25) is 4.79 Å². The van der Waals surface area contributed by atoms with Crippen LogP contribution in [0.25, 0.3) is 0 Å². The van der Waals surface area contributed by atoms with Crippen LogP contribution in [-0.2, 0) is 9.53 Å². The van der Waals surface area contributed by atoms with Crippen LogP contribution < -0.4 is 0 Å². The maximum atomic E-state index is 11.8. The topological polar surface area (TPSA) is 26.3 Å². The first-order chi connectivity index (χ1) is 7.31. The van der Waals surface area contributed by atoms with Crippen molar-refractivity contribution in [3.63, 3.8) is 0 Å². The van der Waals surface area contributed by atoms with E-state index in [2.05, 4.69) is 19.1 Å². The van der Waals surface area contributed by atoms with E-state index < -0.39 is 0 Å². The molecule has 84 valence electrons. The highest BCUT2D eigenvalue weighted by atomic mass is 16.5. The number of unbranched alkanes of at least 4 members (excludes halogenated alkanes) is 1. The number of carbonyl (C=O) groups is 1. The minimum Gasteiger partial charge on any atom is -0.465 e. The molecule has 1 saturated carbocycles. The summed E-state index contributed by atoms with van der Waals surface area (Å²) in [6, 6.07) is 0. The van der Waals surface area contributed by atoms with E-state index in [1.165, 1.54) is 12.8 Å². The average molecular weight is 208 g/mol. The zero-order valence-electron chi connectivity index (χ0n) is 9.45. The van der Waals surface area contributed by atoms with Crippen LogP contribution in [-0.4, -0.2) is 12.6 Å². The second-order valence-corrected chi connectivity index (χ2v) is 4.75. The molecule has 2 nitrogen and oxygen atoms in total. The molecule has 0 spiro atoms. The summed E-state index contributed by atoms with van der Waals surface area (Å²) in [7, 11) is 0. The van der Waals surface area contributed by atoms with Crippen molar-refractivity contribution in [2.24, 2.45) is 17.8 Å². The van der Waals surface area contributed by atoms with Crippen LogP contribution in [0.3, 0.4) is 0 Å². The number of carbonyl (C=O) groups excluding carboxylic acids is 1. The van der Waals surface area contributed by atoms with Crippen molar-refractivity contribution in [3.05, 3.63) is 12.2 Å². The number of hydrogen-bond acceptors (Lipinski definition) is 2. The fourth-order valence-electron chi connectivity index (χ4n) is 2.63. The van der Waals surface area contributed by atoms with Gasteiger partial charge in [0, 0.05) is 0 Å². The Bertz CT molecular complexity index is 257. The third-order valence-electron chi connectivity index (χ3n) is 3.62. The molecule has 15 heavy (non-hydrogen) atoms. The summed E-state index contributed by atoms with van der Waals surface area (Å²) >= 11 is 0. The van der Waals surface area contributed by atoms with E-state index in [9.17, 15) is 4.79 Å². The molecular formula is C13H20O2. The molecule has 0 unspecified atom stereocenters. The molecule has 0 amide bonds. The largest absolute Gasteiger partial charge is 0.465 e. The Morgan fingerprint density at radius 2 is 2.27 bits per heavy atom. The number of ether oxygens (including phenoxy) is 1. The number of esters is 1. The van der Waals surface area contributed by atoms with Gasteiger partial charge in [0.1, 0.15) is 0 Å². The van der Waals surface area contributed by atoms with Crippen molar-refractivity contribution in [1.29, 1.82) is 0 Å². The van der Waals surface area contributed by atoms with Crippen LogP contribution in [0, 0.1) is 17.8 Å². The molecule has 0 radical (unpaired) electrons. The molecule has 0 heterocycles. The van der Waals surface area contributed by atoms with Crippen LogP contribution >= 0.6 is 0 Å². The number of rotatable bonds is 4. The molecule has 0 aromatic rings. The second kappa shape index (κ2) is 4.82. The zero-order valence-corrected chi connectivity index (χ0v) is 9.45. The Kier molecular flexibility index (Phi) is 3.45. The van der Waals surface area contributed by atoms with Crippen LogP contribution in [0.1, 0.15) is 39.0 Å². The highest BCUT2D eigenvalue weighted by Crippen LogP contribution is 2.40. The van der Waals surface area contributed by atoms with Crippen LogP contribution in [0.4, 0.5) is 0 Å². The van der Waals surface area contributed by atoms with E-state index in [1.807, 2.05) is 0 Å². The smallest absolute Gasteiger partial charge is 0.309 e. The average Bonchev–Trinajstić information content (AvgIpc) is 2.30. The number of allylic oxidation sites excluding steroid dienone is 2. The normalized spacial score (nSPS) is 33.0. The predicted octanol–water partition coefficient (Wildman–Crippen LogP) is 2.93. The first-order valence-corrected chi connectivity index (χ1v) is 6.16. The molecule has 2 bridgehead atoms. The van der Waals surface area contributed by atoms with Crippen LogP contribution in [0.2, 0.25) is 0 Å². The van der Waals surface area contributed by atoms with Gasteiger partial charge >= 0.3 is 5.97 Å². The SMILES string of the molecule is CCCCOC(=O)[C@H]1C[C@H]2C=C[C@@H]1CC2. The zero-order chi connectivity index (χ0) is 10.7. The monoisotopic (exact) mass is 208 g/mol. The lowest BCUT2D eigenvalue weighted by Crippen LogP contribution is -2.34. The van der Waals surface area contributed by atoms with Gasteiger partial charge in [0.25, 0.3) is 0 Å². The molecular weight excluding hydrogens is 188 g/mol. The summed E-state index contributed by atoms with van der Waals surface area (Å²) in [4.78, 5) is 11.8. The van der Waals surface area contributed by atoms with Crippen molar-refractivity contribution in [3.8, 4) is 0 Å². The van der Waals surface area contributed by atoms with Gasteiger partial charge in [-0.2, -0.15) is 0 Å². The summed E-state index contributed by atoms with van der Waals surface area (Å²) in [5, 5.41) is 0. The third-order valence-corrected chi connectivity index (χ3v) is 3.62. The van der Waals surface area contributed by atoms with E-state index in [4.69, 9.17) is 4.74 Å². The van der Waals surface area contributed by atoms with E-state index in [0.29, 0.717) is 18.4 Å². The van der Waals surface area contributed by atoms with Gasteiger partial charge in [0.2, 0.25) is 0 Å². The van der Waals surface area contributed by atoms with Gasteiger partial charge in [0.05, 0.1) is 12.5 Å². The molecule has 3 aliphatic rings. The second-order valence-electron chi connectivity index (χ2n) is 4.75. The highest BCUT2D eigenvalue weighted by Gasteiger charge is 2.37. The van der Waals surface area contributed by atoms with Crippen molar-refractivity contribution in [2.75, 3.05) is 6.61 Å². The van der Waals surface area contributed by atoms with Gasteiger partial charge in [0.15, 0.2) is 0 Å².